The third kappa shape index (κ3) is 3.95. The maximum atomic E-state index is 12.4. The normalized spacial score (nSPS) is 16.5. The van der Waals surface area contributed by atoms with E-state index in [-0.39, 0.29) is 18.1 Å². The van der Waals surface area contributed by atoms with E-state index in [1.807, 2.05) is 0 Å². The molecule has 1 N–H and O–H groups in total. The highest BCUT2D eigenvalue weighted by atomic mass is 19.4. The zero-order valence-corrected chi connectivity index (χ0v) is 13.0. The number of piperidine rings is 1. The van der Waals surface area contributed by atoms with Gasteiger partial charge in [-0.3, -0.25) is 9.48 Å². The van der Waals surface area contributed by atoms with Gasteiger partial charge in [0.25, 0.3) is 5.91 Å². The van der Waals surface area contributed by atoms with Gasteiger partial charge < -0.3 is 9.88 Å². The van der Waals surface area contributed by atoms with E-state index in [1.165, 1.54) is 12.3 Å². The van der Waals surface area contributed by atoms with Gasteiger partial charge in [-0.1, -0.05) is 0 Å². The lowest BCUT2D eigenvalue weighted by Crippen LogP contribution is -2.38. The third-order valence-corrected chi connectivity index (χ3v) is 4.23. The van der Waals surface area contributed by atoms with Crippen molar-refractivity contribution in [3.63, 3.8) is 0 Å². The summed E-state index contributed by atoms with van der Waals surface area (Å²) in [7, 11) is 0. The molecule has 1 aliphatic heterocycles. The topological polar surface area (TPSA) is 66.8 Å². The molecule has 24 heavy (non-hydrogen) atoms. The van der Waals surface area contributed by atoms with Gasteiger partial charge in [-0.2, -0.15) is 18.3 Å². The number of nitrogens with one attached hydrogen (secondary N) is 1. The molecule has 3 heterocycles. The van der Waals surface area contributed by atoms with Gasteiger partial charge >= 0.3 is 6.18 Å². The van der Waals surface area contributed by atoms with E-state index in [2.05, 4.69) is 15.1 Å². The van der Waals surface area contributed by atoms with Crippen molar-refractivity contribution in [3.05, 3.63) is 36.2 Å². The van der Waals surface area contributed by atoms with Gasteiger partial charge in [0.05, 0.1) is 12.7 Å². The molecule has 1 fully saturated rings. The second kappa shape index (κ2) is 6.66. The Morgan fingerprint density at radius 3 is 2.71 bits per heavy atom. The first-order valence-electron chi connectivity index (χ1n) is 7.80. The molecule has 0 aliphatic carbocycles. The van der Waals surface area contributed by atoms with Gasteiger partial charge in [-0.15, -0.1) is 0 Å². The average Bonchev–Trinajstić information content (AvgIpc) is 3.23. The summed E-state index contributed by atoms with van der Waals surface area (Å²) in [5.74, 6) is 0.115. The number of alkyl halides is 3. The molecule has 0 radical (unpaired) electrons. The lowest BCUT2D eigenvalue weighted by Gasteiger charge is -2.31. The Kier molecular flexibility index (Phi) is 4.59. The molecule has 2 aromatic rings. The fourth-order valence-electron chi connectivity index (χ4n) is 2.89. The number of halogens is 3. The van der Waals surface area contributed by atoms with Gasteiger partial charge in [0, 0.05) is 43.6 Å². The van der Waals surface area contributed by atoms with Gasteiger partial charge in [0.1, 0.15) is 5.69 Å². The predicted molar refractivity (Wildman–Crippen MR) is 79.4 cm³/mol. The molecule has 0 bridgehead atoms. The minimum absolute atomic E-state index is 0.192. The summed E-state index contributed by atoms with van der Waals surface area (Å²) in [5.41, 5.74) is 1.26. The van der Waals surface area contributed by atoms with Gasteiger partial charge in [0.2, 0.25) is 0 Å². The van der Waals surface area contributed by atoms with Crippen LogP contribution < -0.4 is 0 Å². The predicted octanol–water partition coefficient (Wildman–Crippen LogP) is 2.58. The number of aromatic nitrogens is 4. The fraction of sp³-hybridized carbons (Fsp3) is 0.533. The largest absolute Gasteiger partial charge is 0.390 e. The molecular formula is C15H18F3N5O. The minimum Gasteiger partial charge on any atom is -0.348 e. The van der Waals surface area contributed by atoms with Crippen LogP contribution in [0.15, 0.2) is 24.8 Å². The monoisotopic (exact) mass is 341 g/mol. The van der Waals surface area contributed by atoms with Crippen molar-refractivity contribution in [2.75, 3.05) is 13.1 Å². The third-order valence-electron chi connectivity index (χ3n) is 4.23. The number of carbonyl (C=O) groups is 1. The molecule has 6 nitrogen and oxygen atoms in total. The number of H-pyrrole nitrogens is 1. The van der Waals surface area contributed by atoms with E-state index in [9.17, 15) is 18.0 Å². The number of likely N-dealkylation sites (tertiary alicyclic amines) is 1. The molecule has 0 saturated carbocycles. The molecule has 9 heteroatoms. The molecule has 3 rings (SSSR count). The van der Waals surface area contributed by atoms with Crippen LogP contribution >= 0.6 is 0 Å². The van der Waals surface area contributed by atoms with Crippen LogP contribution in [0.25, 0.3) is 0 Å². The first-order valence-corrected chi connectivity index (χ1v) is 7.80. The van der Waals surface area contributed by atoms with Crippen LogP contribution in [0.4, 0.5) is 13.2 Å². The second-order valence-electron chi connectivity index (χ2n) is 5.90. The van der Waals surface area contributed by atoms with Crippen molar-refractivity contribution >= 4 is 5.91 Å². The van der Waals surface area contributed by atoms with Crippen molar-refractivity contribution in [1.82, 2.24) is 24.6 Å². The molecular weight excluding hydrogens is 323 g/mol. The molecule has 0 spiro atoms. The van der Waals surface area contributed by atoms with E-state index in [1.54, 1.807) is 17.4 Å². The molecule has 0 unspecified atom stereocenters. The summed E-state index contributed by atoms with van der Waals surface area (Å²) in [5, 5.41) is 3.97. The minimum atomic E-state index is -4.23. The summed E-state index contributed by atoms with van der Waals surface area (Å²) >= 11 is 0. The Labute approximate surface area is 136 Å². The van der Waals surface area contributed by atoms with E-state index < -0.39 is 12.6 Å². The lowest BCUT2D eigenvalue weighted by atomic mass is 9.94. The van der Waals surface area contributed by atoms with E-state index in [0.717, 1.165) is 23.2 Å². The Morgan fingerprint density at radius 2 is 2.08 bits per heavy atom. The second-order valence-corrected chi connectivity index (χ2v) is 5.90. The highest BCUT2D eigenvalue weighted by Gasteiger charge is 2.28. The van der Waals surface area contributed by atoms with E-state index in [4.69, 9.17) is 0 Å². The summed E-state index contributed by atoms with van der Waals surface area (Å²) < 4.78 is 37.8. The highest BCUT2D eigenvalue weighted by molar-refractivity contribution is 5.92. The van der Waals surface area contributed by atoms with Crippen molar-refractivity contribution in [2.24, 2.45) is 0 Å². The quantitative estimate of drug-likeness (QED) is 0.929. The maximum absolute atomic E-state index is 12.4. The molecule has 0 aromatic carbocycles. The summed E-state index contributed by atoms with van der Waals surface area (Å²) in [6, 6.07) is 1.47. The standard InChI is InChI=1S/C15H18F3N5O/c16-15(17,18)4-8-23-7-3-12(21-23)14(24)22-5-1-11(2-6-22)13-9-19-10-20-13/h3,7,9-11H,1-2,4-6,8H2,(H,19,20). The molecule has 1 saturated heterocycles. The van der Waals surface area contributed by atoms with E-state index in [0.29, 0.717) is 19.0 Å². The van der Waals surface area contributed by atoms with Gasteiger partial charge in [-0.25, -0.2) is 4.98 Å². The fourth-order valence-corrected chi connectivity index (χ4v) is 2.89. The molecule has 2 aromatic heterocycles. The molecule has 130 valence electrons. The van der Waals surface area contributed by atoms with Crippen molar-refractivity contribution < 1.29 is 18.0 Å². The number of nitrogens with zero attached hydrogens (tertiary/aromatic N) is 4. The number of aromatic amines is 1. The van der Waals surface area contributed by atoms with Crippen LogP contribution in [0.2, 0.25) is 0 Å². The smallest absolute Gasteiger partial charge is 0.348 e. The number of aryl methyl sites for hydroxylation is 1. The zero-order valence-electron chi connectivity index (χ0n) is 13.0. The number of hydrogen-bond acceptors (Lipinski definition) is 3. The number of imidazole rings is 1. The van der Waals surface area contributed by atoms with Gasteiger partial charge in [-0.05, 0) is 18.9 Å². The van der Waals surface area contributed by atoms with Crippen LogP contribution in [-0.2, 0) is 6.54 Å². The summed E-state index contributed by atoms with van der Waals surface area (Å²) in [4.78, 5) is 21.2. The Hall–Kier alpha value is -2.32. The van der Waals surface area contributed by atoms with Crippen LogP contribution in [0.1, 0.15) is 41.4 Å². The first kappa shape index (κ1) is 16.5. The summed E-state index contributed by atoms with van der Waals surface area (Å²) in [6.07, 6.45) is 1.30. The first-order chi connectivity index (χ1) is 11.4. The van der Waals surface area contributed by atoms with Gasteiger partial charge in [0.15, 0.2) is 0 Å². The zero-order chi connectivity index (χ0) is 17.2. The number of rotatable bonds is 4. The molecule has 0 atom stereocenters. The maximum Gasteiger partial charge on any atom is 0.390 e. The van der Waals surface area contributed by atoms with Crippen LogP contribution in [0.3, 0.4) is 0 Å². The molecule has 1 amide bonds. The van der Waals surface area contributed by atoms with E-state index >= 15 is 0 Å². The Morgan fingerprint density at radius 1 is 1.33 bits per heavy atom. The van der Waals surface area contributed by atoms with Crippen molar-refractivity contribution in [3.8, 4) is 0 Å². The number of hydrogen-bond donors (Lipinski definition) is 1. The average molecular weight is 341 g/mol. The number of amides is 1. The SMILES string of the molecule is O=C(c1ccn(CCC(F)(F)F)n1)N1CCC(c2cnc[nH]2)CC1. The lowest BCUT2D eigenvalue weighted by molar-refractivity contribution is -0.137. The Balaban J connectivity index is 1.55. The highest BCUT2D eigenvalue weighted by Crippen LogP contribution is 2.27. The number of carbonyl (C=O) groups excluding carboxylic acids is 1. The molecule has 1 aliphatic rings. The van der Waals surface area contributed by atoms with Crippen molar-refractivity contribution in [1.29, 1.82) is 0 Å². The van der Waals surface area contributed by atoms with Crippen LogP contribution in [0, 0.1) is 0 Å². The Bertz CT molecular complexity index is 672. The summed E-state index contributed by atoms with van der Waals surface area (Å²) in [6.45, 7) is 0.911. The van der Waals surface area contributed by atoms with Crippen molar-refractivity contribution in [2.45, 2.75) is 37.9 Å². The van der Waals surface area contributed by atoms with Crippen LogP contribution in [-0.4, -0.2) is 49.8 Å². The van der Waals surface area contributed by atoms with Crippen LogP contribution in [0.5, 0.6) is 0 Å².